The van der Waals surface area contributed by atoms with Crippen LogP contribution in [0, 0.1) is 5.41 Å². The van der Waals surface area contributed by atoms with Crippen molar-refractivity contribution < 1.29 is 0 Å². The molecule has 0 spiro atoms. The predicted octanol–water partition coefficient (Wildman–Crippen LogP) is 4.83. The highest BCUT2D eigenvalue weighted by Gasteiger charge is 2.27. The number of fused-ring (bicyclic) bond motifs is 1. The van der Waals surface area contributed by atoms with Gasteiger partial charge >= 0.3 is 0 Å². The average Bonchev–Trinajstić information content (AvgIpc) is 2.94. The highest BCUT2D eigenvalue weighted by atomic mass is 15.3. The summed E-state index contributed by atoms with van der Waals surface area (Å²) >= 11 is 0. The van der Waals surface area contributed by atoms with Crippen LogP contribution in [0.25, 0.3) is 5.69 Å². The largest absolute Gasteiger partial charge is 0.265 e. The Morgan fingerprint density at radius 1 is 1.05 bits per heavy atom. The summed E-state index contributed by atoms with van der Waals surface area (Å²) in [6.45, 7) is 12.7. The van der Waals surface area contributed by atoms with Crippen molar-refractivity contribution in [3.05, 3.63) is 42.0 Å². The van der Waals surface area contributed by atoms with Crippen molar-refractivity contribution >= 4 is 0 Å². The van der Waals surface area contributed by atoms with Crippen LogP contribution in [0.5, 0.6) is 0 Å². The monoisotopic (exact) mass is 287 g/mol. The number of aromatic nitrogens is 3. The fourth-order valence-electron chi connectivity index (χ4n) is 2.49. The van der Waals surface area contributed by atoms with Gasteiger partial charge in [0.05, 0.1) is 11.4 Å². The Kier molecular flexibility index (Phi) is 6.60. The molecule has 0 unspecified atom stereocenters. The van der Waals surface area contributed by atoms with Crippen LogP contribution in [0.4, 0.5) is 0 Å². The van der Waals surface area contributed by atoms with E-state index in [4.69, 9.17) is 0 Å². The Morgan fingerprint density at radius 2 is 1.67 bits per heavy atom. The lowest BCUT2D eigenvalue weighted by molar-refractivity contribution is 0.314. The molecule has 1 aliphatic rings. The first-order chi connectivity index (χ1) is 10.1. The average molecular weight is 287 g/mol. The van der Waals surface area contributed by atoms with E-state index in [9.17, 15) is 0 Å². The van der Waals surface area contributed by atoms with Crippen LogP contribution in [-0.4, -0.2) is 14.8 Å². The van der Waals surface area contributed by atoms with E-state index >= 15 is 0 Å². The van der Waals surface area contributed by atoms with Gasteiger partial charge in [-0.1, -0.05) is 41.5 Å². The lowest BCUT2D eigenvalue weighted by Gasteiger charge is -2.28. The minimum absolute atomic E-state index is 0.416. The Bertz CT molecular complexity index is 527. The van der Waals surface area contributed by atoms with Crippen LogP contribution in [0.2, 0.25) is 0 Å². The third-order valence-electron chi connectivity index (χ3n) is 3.51. The van der Waals surface area contributed by atoms with Crippen molar-refractivity contribution in [2.75, 3.05) is 0 Å². The van der Waals surface area contributed by atoms with Crippen LogP contribution in [0.15, 0.2) is 30.7 Å². The van der Waals surface area contributed by atoms with Gasteiger partial charge in [-0.2, -0.15) is 5.10 Å². The summed E-state index contributed by atoms with van der Waals surface area (Å²) in [6, 6.07) is 3.98. The van der Waals surface area contributed by atoms with Gasteiger partial charge in [0, 0.05) is 18.6 Å². The van der Waals surface area contributed by atoms with Crippen molar-refractivity contribution in [2.45, 2.75) is 60.8 Å². The summed E-state index contributed by atoms with van der Waals surface area (Å²) in [7, 11) is 0. The van der Waals surface area contributed by atoms with E-state index in [0.717, 1.165) is 18.5 Å². The van der Waals surface area contributed by atoms with E-state index in [2.05, 4.69) is 30.1 Å². The second-order valence-electron chi connectivity index (χ2n) is 5.59. The fraction of sp³-hybridized carbons (Fsp3) is 0.556. The predicted molar refractivity (Wildman–Crippen MR) is 89.9 cm³/mol. The molecule has 0 aliphatic heterocycles. The molecular formula is C18H29N3. The van der Waals surface area contributed by atoms with Gasteiger partial charge in [-0.3, -0.25) is 4.98 Å². The summed E-state index contributed by atoms with van der Waals surface area (Å²) in [5.41, 5.74) is 4.17. The van der Waals surface area contributed by atoms with E-state index in [0.29, 0.717) is 5.41 Å². The van der Waals surface area contributed by atoms with E-state index in [1.807, 2.05) is 44.5 Å². The maximum atomic E-state index is 4.68. The zero-order valence-electron chi connectivity index (χ0n) is 14.3. The zero-order valence-corrected chi connectivity index (χ0v) is 14.3. The van der Waals surface area contributed by atoms with Crippen LogP contribution < -0.4 is 0 Å². The van der Waals surface area contributed by atoms with E-state index in [-0.39, 0.29) is 0 Å². The van der Waals surface area contributed by atoms with Crippen molar-refractivity contribution in [3.8, 4) is 5.69 Å². The molecule has 0 amide bonds. The van der Waals surface area contributed by atoms with Crippen molar-refractivity contribution in [3.63, 3.8) is 0 Å². The van der Waals surface area contributed by atoms with Crippen molar-refractivity contribution in [1.82, 2.24) is 14.8 Å². The number of rotatable bonds is 1. The van der Waals surface area contributed by atoms with Crippen molar-refractivity contribution in [1.29, 1.82) is 0 Å². The minimum Gasteiger partial charge on any atom is -0.265 e. The normalized spacial score (nSPS) is 15.0. The Labute approximate surface area is 129 Å². The fourth-order valence-corrected chi connectivity index (χ4v) is 2.49. The van der Waals surface area contributed by atoms with Crippen LogP contribution in [0.1, 0.15) is 59.2 Å². The molecule has 3 nitrogen and oxygen atoms in total. The van der Waals surface area contributed by atoms with Gasteiger partial charge in [0.1, 0.15) is 0 Å². The molecule has 0 radical (unpaired) electrons. The second kappa shape index (κ2) is 7.96. The molecule has 116 valence electrons. The SMILES string of the molecule is CC.CC.CC1(C)CCc2nn(-c3ccncc3)cc2C1. The molecule has 0 atom stereocenters. The van der Waals surface area contributed by atoms with Crippen molar-refractivity contribution in [2.24, 2.45) is 5.41 Å². The standard InChI is InChI=1S/C14H17N3.2C2H6/c1-14(2)6-3-13-11(9-14)10-17(16-13)12-4-7-15-8-5-12;2*1-2/h4-5,7-8,10H,3,6,9H2,1-2H3;2*1-2H3. The molecule has 3 heteroatoms. The van der Waals surface area contributed by atoms with Crippen LogP contribution >= 0.6 is 0 Å². The highest BCUT2D eigenvalue weighted by Crippen LogP contribution is 2.34. The minimum atomic E-state index is 0.416. The third-order valence-corrected chi connectivity index (χ3v) is 3.51. The molecule has 0 aromatic carbocycles. The summed E-state index contributed by atoms with van der Waals surface area (Å²) in [5, 5.41) is 4.68. The van der Waals surface area contributed by atoms with Crippen LogP contribution in [0.3, 0.4) is 0 Å². The summed E-state index contributed by atoms with van der Waals surface area (Å²) in [4.78, 5) is 4.03. The maximum Gasteiger partial charge on any atom is 0.0676 e. The van der Waals surface area contributed by atoms with Gasteiger partial charge in [-0.15, -0.1) is 0 Å². The molecule has 2 heterocycles. The van der Waals surface area contributed by atoms with Gasteiger partial charge in [0.2, 0.25) is 0 Å². The molecular weight excluding hydrogens is 258 g/mol. The third kappa shape index (κ3) is 4.42. The van der Waals surface area contributed by atoms with Gasteiger partial charge in [-0.05, 0) is 42.4 Å². The zero-order chi connectivity index (χ0) is 15.9. The van der Waals surface area contributed by atoms with Gasteiger partial charge < -0.3 is 0 Å². The number of hydrogen-bond acceptors (Lipinski definition) is 2. The summed E-state index contributed by atoms with van der Waals surface area (Å²) in [5.74, 6) is 0. The lowest BCUT2D eigenvalue weighted by Crippen LogP contribution is -2.21. The van der Waals surface area contributed by atoms with Gasteiger partial charge in [0.25, 0.3) is 0 Å². The number of aryl methyl sites for hydroxylation is 1. The molecule has 21 heavy (non-hydrogen) atoms. The lowest BCUT2D eigenvalue weighted by atomic mass is 9.77. The first-order valence-electron chi connectivity index (χ1n) is 8.12. The first-order valence-corrected chi connectivity index (χ1v) is 8.12. The molecule has 2 aromatic heterocycles. The maximum absolute atomic E-state index is 4.68. The number of hydrogen-bond donors (Lipinski definition) is 0. The molecule has 0 fully saturated rings. The number of nitrogens with zero attached hydrogens (tertiary/aromatic N) is 3. The van der Waals surface area contributed by atoms with E-state index in [1.54, 1.807) is 12.4 Å². The molecule has 0 bridgehead atoms. The molecule has 3 rings (SSSR count). The highest BCUT2D eigenvalue weighted by molar-refractivity contribution is 5.32. The molecule has 0 saturated heterocycles. The summed E-state index contributed by atoms with van der Waals surface area (Å²) in [6.07, 6.45) is 9.24. The van der Waals surface area contributed by atoms with E-state index < -0.39 is 0 Å². The summed E-state index contributed by atoms with van der Waals surface area (Å²) < 4.78 is 1.98. The van der Waals surface area contributed by atoms with E-state index in [1.165, 1.54) is 17.7 Å². The van der Waals surface area contributed by atoms with Gasteiger partial charge in [0.15, 0.2) is 0 Å². The Hall–Kier alpha value is -1.64. The number of pyridine rings is 1. The first kappa shape index (κ1) is 17.4. The second-order valence-corrected chi connectivity index (χ2v) is 5.59. The van der Waals surface area contributed by atoms with Gasteiger partial charge in [-0.25, -0.2) is 4.68 Å². The smallest absolute Gasteiger partial charge is 0.0676 e. The molecule has 0 N–H and O–H groups in total. The Balaban J connectivity index is 0.000000510. The topological polar surface area (TPSA) is 30.7 Å². The Morgan fingerprint density at radius 3 is 2.29 bits per heavy atom. The quantitative estimate of drug-likeness (QED) is 0.751. The molecule has 2 aromatic rings. The molecule has 1 aliphatic carbocycles. The van der Waals surface area contributed by atoms with Crippen LogP contribution in [-0.2, 0) is 12.8 Å². The molecule has 0 saturated carbocycles.